The Balaban J connectivity index is 0.000000184. The zero-order valence-corrected chi connectivity index (χ0v) is 55.6. The van der Waals surface area contributed by atoms with Crippen molar-refractivity contribution >= 4 is 52.3 Å². The molecule has 96 heavy (non-hydrogen) atoms. The van der Waals surface area contributed by atoms with Gasteiger partial charge in [0.1, 0.15) is 12.4 Å². The van der Waals surface area contributed by atoms with Crippen LogP contribution in [-0.4, -0.2) is 90.8 Å². The molecule has 6 N–H and O–H groups in total. The second-order valence-electron chi connectivity index (χ2n) is 24.5. The molecule has 10 rings (SSSR count). The van der Waals surface area contributed by atoms with Crippen molar-refractivity contribution in [1.29, 1.82) is 10.5 Å². The molecule has 0 aliphatic carbocycles. The lowest BCUT2D eigenvalue weighted by Gasteiger charge is -2.18. The van der Waals surface area contributed by atoms with Crippen LogP contribution < -0.4 is 65.1 Å². The zero-order chi connectivity index (χ0) is 68.7. The number of carbonyl (C=O) groups excluding carboxylic acids is 5. The summed E-state index contributed by atoms with van der Waals surface area (Å²) in [6.45, 7) is 6.99. The monoisotopic (exact) mass is 1300 g/mol. The quantitative estimate of drug-likeness (QED) is 0.0303. The lowest BCUT2D eigenvalue weighted by Crippen LogP contribution is -2.24. The number of hydrogen-bond donors (Lipinski definition) is 3. The van der Waals surface area contributed by atoms with Crippen molar-refractivity contribution in [2.45, 2.75) is 109 Å². The van der Waals surface area contributed by atoms with Crippen LogP contribution in [0.25, 0.3) is 0 Å². The lowest BCUT2D eigenvalue weighted by atomic mass is 9.89. The van der Waals surface area contributed by atoms with Crippen molar-refractivity contribution in [3.05, 3.63) is 185 Å². The average Bonchev–Trinajstić information content (AvgIpc) is 1.67. The number of anilines is 4. The molecule has 3 saturated heterocycles. The molecule has 7 aromatic rings. The minimum absolute atomic E-state index is 0.0000132. The second kappa shape index (κ2) is 34.4. The second-order valence-corrected chi connectivity index (χ2v) is 24.5. The number of ether oxygens (including phenoxy) is 7. The third-order valence-electron chi connectivity index (χ3n) is 17.1. The Hall–Kier alpha value is -10.7. The molecule has 20 heteroatoms. The predicted molar refractivity (Wildman–Crippen MR) is 369 cm³/mol. The van der Waals surface area contributed by atoms with E-state index in [0.29, 0.717) is 128 Å². The number of nitrogens with two attached hydrogens (primary N) is 3. The molecule has 3 aliphatic rings. The number of primary amides is 2. The molecular weight excluding hydrogens is 1220 g/mol. The maximum Gasteiger partial charge on any atom is 0.248 e. The zero-order valence-electron chi connectivity index (χ0n) is 55.6. The van der Waals surface area contributed by atoms with Crippen LogP contribution in [0.4, 0.5) is 22.7 Å². The molecule has 0 radical (unpaired) electrons. The normalized spacial score (nSPS) is 15.7. The summed E-state index contributed by atoms with van der Waals surface area (Å²) in [5, 5.41) is 17.7. The SMILES string of the molecule is COc1ccc(C2CC(=O)N(c3cccc(C(N)=O)c3)C2)cc1OCCCCC(C)(C)C#N.COc1ccc(C2CC(=O)N(c3cccc(C(N)=O)c3)C2)cc1OCCCCCCC#N.COc1cccc(COc2cc(C3CC(=O)N(c4cccc(N)c4)C3)ccc2OC)c1. The number of benzene rings is 7. The Labute approximate surface area is 562 Å². The molecule has 3 aliphatic heterocycles. The summed E-state index contributed by atoms with van der Waals surface area (Å²) in [5.41, 5.74) is 24.0. The number of unbranched alkanes of at least 4 members (excludes halogenated alkanes) is 5. The van der Waals surface area contributed by atoms with Gasteiger partial charge in [-0.2, -0.15) is 10.5 Å². The van der Waals surface area contributed by atoms with Crippen molar-refractivity contribution in [3.8, 4) is 52.4 Å². The van der Waals surface area contributed by atoms with Crippen LogP contribution in [0.5, 0.6) is 40.2 Å². The number of methoxy groups -OCH3 is 4. The maximum absolute atomic E-state index is 12.7. The van der Waals surface area contributed by atoms with E-state index in [0.717, 1.165) is 78.6 Å². The van der Waals surface area contributed by atoms with E-state index in [-0.39, 0.29) is 40.9 Å². The molecule has 0 aromatic heterocycles. The Morgan fingerprint density at radius 1 is 0.490 bits per heavy atom. The fourth-order valence-electron chi connectivity index (χ4n) is 11.7. The van der Waals surface area contributed by atoms with Crippen molar-refractivity contribution in [2.24, 2.45) is 16.9 Å². The number of nitriles is 2. The smallest absolute Gasteiger partial charge is 0.248 e. The number of rotatable bonds is 28. The van der Waals surface area contributed by atoms with E-state index in [1.807, 2.05) is 129 Å². The number of hydrogen-bond acceptors (Lipinski definition) is 15. The average molecular weight is 1300 g/mol. The number of carbonyl (C=O) groups is 5. The molecule has 7 aromatic carbocycles. The fraction of sp³-hybridized carbons (Fsp3) is 0.355. The first-order chi connectivity index (χ1) is 46.3. The summed E-state index contributed by atoms with van der Waals surface area (Å²) < 4.78 is 39.7. The van der Waals surface area contributed by atoms with Crippen LogP contribution in [0.3, 0.4) is 0 Å². The van der Waals surface area contributed by atoms with Gasteiger partial charge in [0.05, 0.1) is 59.2 Å². The van der Waals surface area contributed by atoms with E-state index >= 15 is 0 Å². The molecule has 5 amide bonds. The molecule has 0 saturated carbocycles. The summed E-state index contributed by atoms with van der Waals surface area (Å²) >= 11 is 0. The number of nitrogen functional groups attached to an aromatic ring is 1. The number of nitrogens with zero attached hydrogens (tertiary/aromatic N) is 5. The Bertz CT molecular complexity index is 3940. The van der Waals surface area contributed by atoms with Crippen LogP contribution in [0, 0.1) is 28.1 Å². The van der Waals surface area contributed by atoms with Crippen molar-refractivity contribution in [3.63, 3.8) is 0 Å². The molecule has 3 atom stereocenters. The van der Waals surface area contributed by atoms with E-state index in [1.165, 1.54) is 0 Å². The largest absolute Gasteiger partial charge is 0.497 e. The minimum Gasteiger partial charge on any atom is -0.497 e. The van der Waals surface area contributed by atoms with Gasteiger partial charge >= 0.3 is 0 Å². The predicted octanol–water partition coefficient (Wildman–Crippen LogP) is 13.0. The van der Waals surface area contributed by atoms with E-state index in [9.17, 15) is 24.0 Å². The van der Waals surface area contributed by atoms with Gasteiger partial charge in [0, 0.05) is 96.9 Å². The van der Waals surface area contributed by atoms with Crippen molar-refractivity contribution < 1.29 is 57.1 Å². The van der Waals surface area contributed by atoms with Gasteiger partial charge in [-0.15, -0.1) is 0 Å². The highest BCUT2D eigenvalue weighted by Gasteiger charge is 2.35. The van der Waals surface area contributed by atoms with Gasteiger partial charge < -0.3 is 65.1 Å². The number of amides is 5. The van der Waals surface area contributed by atoms with Gasteiger partial charge in [0.2, 0.25) is 29.5 Å². The molecule has 0 spiro atoms. The van der Waals surface area contributed by atoms with Gasteiger partial charge in [-0.25, -0.2) is 0 Å². The summed E-state index contributed by atoms with van der Waals surface area (Å²) in [6, 6.07) is 50.7. The molecule has 3 heterocycles. The Morgan fingerprint density at radius 2 is 0.917 bits per heavy atom. The molecule has 3 fully saturated rings. The standard InChI is InChI=1S/C26H31N3O4.C25H29N3O4.C25H26N2O4/c1-26(2,17-27)11-4-5-12-33-23-14-18(9-10-22(23)32-3)20-15-24(30)29(16-20)21-8-6-7-19(13-21)25(28)31;1-31-22-11-10-18(15-23(22)32-13-6-4-2-3-5-12-26)20-16-24(29)28(17-20)21-9-7-8-19(14-21)25(27)30;1-29-22-8-3-5-17(11-22)16-31-24-12-18(9-10-23(24)30-2)19-13-25(28)27(15-19)21-7-4-6-20(26)14-21/h6-10,13-14,20H,4-5,11-12,15-16H2,1-3H3,(H2,28,31);7-11,14-15,20H,2-6,13,16-17H2,1H3,(H2,27,30);3-12,14,19H,13,15-16,26H2,1-2H3. The Kier molecular flexibility index (Phi) is 25.5. The van der Waals surface area contributed by atoms with Crippen LogP contribution in [0.1, 0.15) is 145 Å². The molecule has 0 bridgehead atoms. The fourth-order valence-corrected chi connectivity index (χ4v) is 11.7. The van der Waals surface area contributed by atoms with E-state index in [1.54, 1.807) is 79.5 Å². The van der Waals surface area contributed by atoms with Gasteiger partial charge in [-0.1, -0.05) is 61.4 Å². The van der Waals surface area contributed by atoms with Crippen LogP contribution >= 0.6 is 0 Å². The molecular formula is C76H86N8O12. The van der Waals surface area contributed by atoms with Crippen molar-refractivity contribution in [2.75, 3.05) is 81.7 Å². The van der Waals surface area contributed by atoms with Gasteiger partial charge in [-0.05, 0) is 171 Å². The van der Waals surface area contributed by atoms with Gasteiger partial charge in [-0.3, -0.25) is 24.0 Å². The van der Waals surface area contributed by atoms with E-state index in [4.69, 9.17) is 60.9 Å². The van der Waals surface area contributed by atoms with Crippen LogP contribution in [-0.2, 0) is 21.0 Å². The van der Waals surface area contributed by atoms with Gasteiger partial charge in [0.15, 0.2) is 34.5 Å². The lowest BCUT2D eigenvalue weighted by molar-refractivity contribution is -0.118. The van der Waals surface area contributed by atoms with Crippen molar-refractivity contribution in [1.82, 2.24) is 0 Å². The third-order valence-corrected chi connectivity index (χ3v) is 17.1. The van der Waals surface area contributed by atoms with Gasteiger partial charge in [0.25, 0.3) is 0 Å². The third kappa shape index (κ3) is 19.4. The first-order valence-electron chi connectivity index (χ1n) is 32.2. The summed E-state index contributed by atoms with van der Waals surface area (Å²) in [5.74, 6) is 3.86. The van der Waals surface area contributed by atoms with E-state index in [2.05, 4.69) is 12.1 Å². The highest BCUT2D eigenvalue weighted by atomic mass is 16.5. The maximum atomic E-state index is 12.7. The molecule has 502 valence electrons. The first kappa shape index (κ1) is 71.1. The summed E-state index contributed by atoms with van der Waals surface area (Å²) in [7, 11) is 6.47. The van der Waals surface area contributed by atoms with E-state index < -0.39 is 11.8 Å². The summed E-state index contributed by atoms with van der Waals surface area (Å²) in [6.07, 6.45) is 8.21. The van der Waals surface area contributed by atoms with Crippen LogP contribution in [0.2, 0.25) is 0 Å². The van der Waals surface area contributed by atoms with Crippen LogP contribution in [0.15, 0.2) is 152 Å². The highest BCUT2D eigenvalue weighted by molar-refractivity contribution is 6.00. The first-order valence-corrected chi connectivity index (χ1v) is 32.2. The highest BCUT2D eigenvalue weighted by Crippen LogP contribution is 2.41. The molecule has 3 unspecified atom stereocenters. The minimum atomic E-state index is -0.520. The topological polar surface area (TPSA) is 285 Å². The molecule has 20 nitrogen and oxygen atoms in total. The Morgan fingerprint density at radius 3 is 1.34 bits per heavy atom. The summed E-state index contributed by atoms with van der Waals surface area (Å²) in [4.78, 5) is 66.3.